The average Bonchev–Trinajstić information content (AvgIpc) is 2.41. The second-order valence-corrected chi connectivity index (χ2v) is 5.73. The van der Waals surface area contributed by atoms with Crippen LogP contribution in [0.1, 0.15) is 29.8 Å². The van der Waals surface area contributed by atoms with Gasteiger partial charge in [0.05, 0.1) is 11.7 Å². The Morgan fingerprint density at radius 2 is 1.95 bits per heavy atom. The van der Waals surface area contributed by atoms with Crippen LogP contribution >= 0.6 is 0 Å². The lowest BCUT2D eigenvalue weighted by atomic mass is 10.1. The number of likely N-dealkylation sites (N-methyl/N-ethyl adjacent to an activating group) is 1. The molecule has 2 rings (SSSR count). The molecular weight excluding hydrogens is 252 g/mol. The lowest BCUT2D eigenvalue weighted by molar-refractivity contribution is 0.0377. The molecule has 0 atom stereocenters. The third-order valence-electron chi connectivity index (χ3n) is 3.51. The first-order valence-corrected chi connectivity index (χ1v) is 7.25. The molecule has 0 spiro atoms. The van der Waals surface area contributed by atoms with Gasteiger partial charge in [0.2, 0.25) is 0 Å². The van der Waals surface area contributed by atoms with Crippen LogP contribution < -0.4 is 0 Å². The van der Waals surface area contributed by atoms with Gasteiger partial charge in [-0.15, -0.1) is 0 Å². The first-order chi connectivity index (χ1) is 9.54. The number of nitrogens with zero attached hydrogens (tertiary/aromatic N) is 2. The van der Waals surface area contributed by atoms with Gasteiger partial charge in [-0.05, 0) is 38.6 Å². The van der Waals surface area contributed by atoms with Crippen molar-refractivity contribution in [2.24, 2.45) is 0 Å². The number of ether oxygens (including phenoxy) is 1. The van der Waals surface area contributed by atoms with Crippen molar-refractivity contribution in [3.8, 4) is 0 Å². The topological polar surface area (TPSA) is 32.8 Å². The van der Waals surface area contributed by atoms with Crippen molar-refractivity contribution in [2.45, 2.75) is 26.5 Å². The van der Waals surface area contributed by atoms with E-state index in [4.69, 9.17) is 4.74 Å². The molecule has 0 aromatic heterocycles. The monoisotopic (exact) mass is 276 g/mol. The largest absolute Gasteiger partial charge is 0.459 e. The van der Waals surface area contributed by atoms with Crippen LogP contribution in [0.5, 0.6) is 0 Å². The van der Waals surface area contributed by atoms with E-state index in [-0.39, 0.29) is 12.1 Å². The summed E-state index contributed by atoms with van der Waals surface area (Å²) in [5.74, 6) is -0.236. The second kappa shape index (κ2) is 6.86. The number of benzene rings is 1. The Bertz CT molecular complexity index is 452. The summed E-state index contributed by atoms with van der Waals surface area (Å²) in [5, 5.41) is 0. The molecule has 20 heavy (non-hydrogen) atoms. The van der Waals surface area contributed by atoms with Crippen molar-refractivity contribution in [2.75, 3.05) is 33.2 Å². The van der Waals surface area contributed by atoms with Crippen LogP contribution in [0, 0.1) is 0 Å². The Labute approximate surface area is 121 Å². The maximum Gasteiger partial charge on any atom is 0.338 e. The zero-order chi connectivity index (χ0) is 14.5. The first-order valence-electron chi connectivity index (χ1n) is 7.25. The SMILES string of the molecule is CC(C)OC(=O)c1cccc(CN2CCN(C)CC2)c1. The summed E-state index contributed by atoms with van der Waals surface area (Å²) in [6.45, 7) is 9.01. The van der Waals surface area contributed by atoms with Gasteiger partial charge < -0.3 is 9.64 Å². The Hall–Kier alpha value is -1.39. The number of carbonyl (C=O) groups excluding carboxylic acids is 1. The predicted molar refractivity (Wildman–Crippen MR) is 79.8 cm³/mol. The van der Waals surface area contributed by atoms with Gasteiger partial charge in [0.25, 0.3) is 0 Å². The molecule has 1 aliphatic rings. The number of esters is 1. The Morgan fingerprint density at radius 1 is 1.25 bits per heavy atom. The van der Waals surface area contributed by atoms with Crippen LogP contribution in [0.2, 0.25) is 0 Å². The van der Waals surface area contributed by atoms with E-state index >= 15 is 0 Å². The fourth-order valence-electron chi connectivity index (χ4n) is 2.34. The molecule has 0 amide bonds. The molecule has 0 radical (unpaired) electrons. The Kier molecular flexibility index (Phi) is 5.15. The molecule has 1 aromatic rings. The van der Waals surface area contributed by atoms with Crippen LogP contribution in [0.15, 0.2) is 24.3 Å². The lowest BCUT2D eigenvalue weighted by Gasteiger charge is -2.32. The maximum absolute atomic E-state index is 11.9. The molecule has 110 valence electrons. The fourth-order valence-corrected chi connectivity index (χ4v) is 2.34. The van der Waals surface area contributed by atoms with Gasteiger partial charge in [-0.2, -0.15) is 0 Å². The normalized spacial score (nSPS) is 17.4. The highest BCUT2D eigenvalue weighted by atomic mass is 16.5. The van der Waals surface area contributed by atoms with Gasteiger partial charge in [-0.25, -0.2) is 4.79 Å². The van der Waals surface area contributed by atoms with E-state index in [9.17, 15) is 4.79 Å². The second-order valence-electron chi connectivity index (χ2n) is 5.73. The fraction of sp³-hybridized carbons (Fsp3) is 0.562. The van der Waals surface area contributed by atoms with Gasteiger partial charge in [0.15, 0.2) is 0 Å². The zero-order valence-electron chi connectivity index (χ0n) is 12.6. The molecule has 1 saturated heterocycles. The quantitative estimate of drug-likeness (QED) is 0.788. The molecule has 0 unspecified atom stereocenters. The smallest absolute Gasteiger partial charge is 0.338 e. The summed E-state index contributed by atoms with van der Waals surface area (Å²) in [6.07, 6.45) is -0.0798. The van der Waals surface area contributed by atoms with Gasteiger partial charge >= 0.3 is 5.97 Å². The van der Waals surface area contributed by atoms with Gasteiger partial charge in [-0.1, -0.05) is 12.1 Å². The maximum atomic E-state index is 11.9. The van der Waals surface area contributed by atoms with Crippen molar-refractivity contribution in [1.29, 1.82) is 0 Å². The average molecular weight is 276 g/mol. The molecule has 4 nitrogen and oxygen atoms in total. The van der Waals surface area contributed by atoms with Crippen LogP contribution in [0.4, 0.5) is 0 Å². The lowest BCUT2D eigenvalue weighted by Crippen LogP contribution is -2.43. The third-order valence-corrected chi connectivity index (χ3v) is 3.51. The van der Waals surface area contributed by atoms with Crippen LogP contribution in [-0.4, -0.2) is 55.1 Å². The summed E-state index contributed by atoms with van der Waals surface area (Å²) < 4.78 is 5.24. The van der Waals surface area contributed by atoms with E-state index < -0.39 is 0 Å². The molecule has 1 fully saturated rings. The van der Waals surface area contributed by atoms with Crippen LogP contribution in [0.3, 0.4) is 0 Å². The van der Waals surface area contributed by atoms with E-state index in [2.05, 4.69) is 22.9 Å². The van der Waals surface area contributed by atoms with Crippen molar-refractivity contribution in [1.82, 2.24) is 9.80 Å². The van der Waals surface area contributed by atoms with Crippen molar-refractivity contribution >= 4 is 5.97 Å². The standard InChI is InChI=1S/C16H24N2O2/c1-13(2)20-16(19)15-6-4-5-14(11-15)12-18-9-7-17(3)8-10-18/h4-6,11,13H,7-10,12H2,1-3H3. The number of hydrogen-bond acceptors (Lipinski definition) is 4. The van der Waals surface area contributed by atoms with E-state index in [1.54, 1.807) is 0 Å². The van der Waals surface area contributed by atoms with Crippen LogP contribution in [-0.2, 0) is 11.3 Å². The molecule has 0 aliphatic carbocycles. The minimum Gasteiger partial charge on any atom is -0.459 e. The highest BCUT2D eigenvalue weighted by Gasteiger charge is 2.15. The minimum absolute atomic E-state index is 0.0798. The molecule has 1 aliphatic heterocycles. The minimum atomic E-state index is -0.236. The third kappa shape index (κ3) is 4.32. The van der Waals surface area contributed by atoms with Gasteiger partial charge in [-0.3, -0.25) is 4.90 Å². The van der Waals surface area contributed by atoms with Crippen molar-refractivity contribution in [3.05, 3.63) is 35.4 Å². The Morgan fingerprint density at radius 3 is 2.60 bits per heavy atom. The molecule has 0 bridgehead atoms. The van der Waals surface area contributed by atoms with Crippen molar-refractivity contribution < 1.29 is 9.53 Å². The summed E-state index contributed by atoms with van der Waals surface area (Å²) in [6, 6.07) is 7.77. The number of hydrogen-bond donors (Lipinski definition) is 0. The summed E-state index contributed by atoms with van der Waals surface area (Å²) in [7, 11) is 2.15. The van der Waals surface area contributed by atoms with E-state index in [1.807, 2.05) is 32.0 Å². The summed E-state index contributed by atoms with van der Waals surface area (Å²) in [5.41, 5.74) is 1.82. The molecule has 0 N–H and O–H groups in total. The van der Waals surface area contributed by atoms with E-state index in [0.29, 0.717) is 5.56 Å². The predicted octanol–water partition coefficient (Wildman–Crippen LogP) is 2.00. The van der Waals surface area contributed by atoms with Gasteiger partial charge in [0.1, 0.15) is 0 Å². The van der Waals surface area contributed by atoms with E-state index in [1.165, 1.54) is 5.56 Å². The zero-order valence-corrected chi connectivity index (χ0v) is 12.6. The first kappa shape index (κ1) is 15.0. The molecule has 0 saturated carbocycles. The molecular formula is C16H24N2O2. The highest BCUT2D eigenvalue weighted by molar-refractivity contribution is 5.89. The highest BCUT2D eigenvalue weighted by Crippen LogP contribution is 2.12. The van der Waals surface area contributed by atoms with E-state index in [0.717, 1.165) is 32.7 Å². The number of piperazine rings is 1. The summed E-state index contributed by atoms with van der Waals surface area (Å²) in [4.78, 5) is 16.7. The molecule has 4 heteroatoms. The molecule has 1 heterocycles. The van der Waals surface area contributed by atoms with Gasteiger partial charge in [0, 0.05) is 32.7 Å². The molecule has 1 aromatic carbocycles. The number of carbonyl (C=O) groups is 1. The van der Waals surface area contributed by atoms with Crippen molar-refractivity contribution in [3.63, 3.8) is 0 Å². The summed E-state index contributed by atoms with van der Waals surface area (Å²) >= 11 is 0. The Balaban J connectivity index is 1.97. The number of rotatable bonds is 4. The van der Waals surface area contributed by atoms with Crippen LogP contribution in [0.25, 0.3) is 0 Å².